The molecule has 0 spiro atoms. The molecule has 1 aromatic carbocycles. The fourth-order valence-electron chi connectivity index (χ4n) is 3.01. The minimum atomic E-state index is 0.203. The van der Waals surface area contributed by atoms with Gasteiger partial charge >= 0.3 is 0 Å². The SMILES string of the molecule is CC(C)(C)c1ccc(C2NCCCc3ncccc32)cc1. The summed E-state index contributed by atoms with van der Waals surface area (Å²) in [6, 6.07) is 13.6. The molecule has 1 aliphatic rings. The van der Waals surface area contributed by atoms with Crippen LogP contribution in [0.5, 0.6) is 0 Å². The lowest BCUT2D eigenvalue weighted by atomic mass is 9.85. The van der Waals surface area contributed by atoms with Crippen molar-refractivity contribution < 1.29 is 0 Å². The predicted octanol–water partition coefficient (Wildman–Crippen LogP) is 4.00. The van der Waals surface area contributed by atoms with E-state index in [4.69, 9.17) is 0 Å². The molecule has 2 aromatic rings. The molecule has 1 unspecified atom stereocenters. The van der Waals surface area contributed by atoms with Crippen molar-refractivity contribution in [2.75, 3.05) is 6.54 Å². The van der Waals surface area contributed by atoms with E-state index in [-0.39, 0.29) is 11.5 Å². The summed E-state index contributed by atoms with van der Waals surface area (Å²) < 4.78 is 0. The second-order valence-electron chi connectivity index (χ2n) is 6.90. The van der Waals surface area contributed by atoms with Crippen LogP contribution in [0.2, 0.25) is 0 Å². The molecule has 3 rings (SSSR count). The molecule has 1 N–H and O–H groups in total. The highest BCUT2D eigenvalue weighted by molar-refractivity contribution is 5.37. The van der Waals surface area contributed by atoms with Crippen LogP contribution < -0.4 is 5.32 Å². The summed E-state index contributed by atoms with van der Waals surface area (Å²) in [4.78, 5) is 4.57. The summed E-state index contributed by atoms with van der Waals surface area (Å²) in [5, 5.41) is 3.67. The first-order valence-corrected chi connectivity index (χ1v) is 7.83. The fraction of sp³-hybridized carbons (Fsp3) is 0.421. The van der Waals surface area contributed by atoms with Gasteiger partial charge in [-0.1, -0.05) is 51.1 Å². The van der Waals surface area contributed by atoms with E-state index in [0.717, 1.165) is 19.4 Å². The number of hydrogen-bond donors (Lipinski definition) is 1. The Morgan fingerprint density at radius 1 is 1.10 bits per heavy atom. The van der Waals surface area contributed by atoms with Crippen molar-refractivity contribution in [1.82, 2.24) is 10.3 Å². The second kappa shape index (κ2) is 5.61. The van der Waals surface area contributed by atoms with E-state index in [2.05, 4.69) is 61.4 Å². The van der Waals surface area contributed by atoms with Crippen LogP contribution in [-0.2, 0) is 11.8 Å². The molecule has 1 aliphatic heterocycles. The van der Waals surface area contributed by atoms with Crippen LogP contribution in [0.4, 0.5) is 0 Å². The van der Waals surface area contributed by atoms with Gasteiger partial charge in [-0.2, -0.15) is 0 Å². The van der Waals surface area contributed by atoms with Crippen LogP contribution >= 0.6 is 0 Å². The van der Waals surface area contributed by atoms with E-state index in [9.17, 15) is 0 Å². The number of aryl methyl sites for hydroxylation is 1. The second-order valence-corrected chi connectivity index (χ2v) is 6.90. The highest BCUT2D eigenvalue weighted by Crippen LogP contribution is 2.29. The molecular weight excluding hydrogens is 256 g/mol. The van der Waals surface area contributed by atoms with Crippen LogP contribution in [0.3, 0.4) is 0 Å². The summed E-state index contributed by atoms with van der Waals surface area (Å²) in [7, 11) is 0. The smallest absolute Gasteiger partial charge is 0.0594 e. The van der Waals surface area contributed by atoms with E-state index in [1.165, 1.54) is 22.4 Å². The van der Waals surface area contributed by atoms with Crippen LogP contribution in [0.25, 0.3) is 0 Å². The normalized spacial score (nSPS) is 18.9. The Kier molecular flexibility index (Phi) is 3.81. The van der Waals surface area contributed by atoms with Gasteiger partial charge < -0.3 is 5.32 Å². The average Bonchev–Trinajstić information content (AvgIpc) is 2.69. The minimum absolute atomic E-state index is 0.203. The molecule has 21 heavy (non-hydrogen) atoms. The van der Waals surface area contributed by atoms with Gasteiger partial charge in [0, 0.05) is 11.9 Å². The first kappa shape index (κ1) is 14.3. The fourth-order valence-corrected chi connectivity index (χ4v) is 3.01. The maximum atomic E-state index is 4.57. The zero-order valence-corrected chi connectivity index (χ0v) is 13.2. The van der Waals surface area contributed by atoms with E-state index < -0.39 is 0 Å². The van der Waals surface area contributed by atoms with Crippen molar-refractivity contribution in [2.45, 2.75) is 45.1 Å². The lowest BCUT2D eigenvalue weighted by Gasteiger charge is -2.22. The third-order valence-electron chi connectivity index (χ3n) is 4.29. The molecule has 0 radical (unpaired) electrons. The first-order chi connectivity index (χ1) is 10.1. The number of nitrogens with one attached hydrogen (secondary N) is 1. The molecule has 2 nitrogen and oxygen atoms in total. The largest absolute Gasteiger partial charge is 0.306 e. The number of rotatable bonds is 1. The molecule has 110 valence electrons. The highest BCUT2D eigenvalue weighted by atomic mass is 14.9. The van der Waals surface area contributed by atoms with Crippen molar-refractivity contribution in [3.05, 3.63) is 65.0 Å². The van der Waals surface area contributed by atoms with E-state index >= 15 is 0 Å². The Morgan fingerprint density at radius 3 is 2.57 bits per heavy atom. The Morgan fingerprint density at radius 2 is 1.86 bits per heavy atom. The van der Waals surface area contributed by atoms with Crippen LogP contribution in [0.1, 0.15) is 55.6 Å². The van der Waals surface area contributed by atoms with E-state index in [1.54, 1.807) is 0 Å². The van der Waals surface area contributed by atoms with Gasteiger partial charge in [-0.3, -0.25) is 4.98 Å². The number of hydrogen-bond acceptors (Lipinski definition) is 2. The molecule has 0 saturated heterocycles. The molecule has 2 heteroatoms. The molecule has 0 fully saturated rings. The van der Waals surface area contributed by atoms with Gasteiger partial charge in [-0.05, 0) is 47.6 Å². The van der Waals surface area contributed by atoms with Gasteiger partial charge in [0.05, 0.1) is 6.04 Å². The monoisotopic (exact) mass is 280 g/mol. The maximum absolute atomic E-state index is 4.57. The van der Waals surface area contributed by atoms with Crippen LogP contribution in [-0.4, -0.2) is 11.5 Å². The molecule has 0 aliphatic carbocycles. The number of pyridine rings is 1. The van der Waals surface area contributed by atoms with E-state index in [0.29, 0.717) is 0 Å². The zero-order chi connectivity index (χ0) is 14.9. The Balaban J connectivity index is 1.96. The maximum Gasteiger partial charge on any atom is 0.0594 e. The summed E-state index contributed by atoms with van der Waals surface area (Å²) in [5.41, 5.74) is 5.49. The average molecular weight is 280 g/mol. The van der Waals surface area contributed by atoms with Crippen molar-refractivity contribution in [1.29, 1.82) is 0 Å². The Labute approximate surface area is 127 Å². The zero-order valence-electron chi connectivity index (χ0n) is 13.2. The lowest BCUT2D eigenvalue weighted by Crippen LogP contribution is -2.22. The topological polar surface area (TPSA) is 24.9 Å². The van der Waals surface area contributed by atoms with Gasteiger partial charge in [-0.15, -0.1) is 0 Å². The molecule has 0 bridgehead atoms. The third-order valence-corrected chi connectivity index (χ3v) is 4.29. The molecule has 0 amide bonds. The Bertz CT molecular complexity index is 608. The van der Waals surface area contributed by atoms with Crippen molar-refractivity contribution in [3.8, 4) is 0 Å². The van der Waals surface area contributed by atoms with Gasteiger partial charge in [-0.25, -0.2) is 0 Å². The van der Waals surface area contributed by atoms with Gasteiger partial charge in [0.1, 0.15) is 0 Å². The number of nitrogens with zero attached hydrogens (tertiary/aromatic N) is 1. The van der Waals surface area contributed by atoms with Gasteiger partial charge in [0.25, 0.3) is 0 Å². The van der Waals surface area contributed by atoms with E-state index in [1.807, 2.05) is 12.3 Å². The quantitative estimate of drug-likeness (QED) is 0.854. The third kappa shape index (κ3) is 3.01. The standard InChI is InChI=1S/C19H24N2/c1-19(2,3)15-10-8-14(9-11-15)18-16-6-4-12-20-17(16)7-5-13-21-18/h4,6,8-12,18,21H,5,7,13H2,1-3H3. The van der Waals surface area contributed by atoms with Crippen molar-refractivity contribution in [3.63, 3.8) is 0 Å². The lowest BCUT2D eigenvalue weighted by molar-refractivity contribution is 0.586. The Hall–Kier alpha value is -1.67. The summed E-state index contributed by atoms with van der Waals surface area (Å²) in [6.07, 6.45) is 4.13. The van der Waals surface area contributed by atoms with Gasteiger partial charge in [0.2, 0.25) is 0 Å². The molecule has 2 heterocycles. The molecule has 1 aromatic heterocycles. The number of aromatic nitrogens is 1. The van der Waals surface area contributed by atoms with Crippen molar-refractivity contribution >= 4 is 0 Å². The summed E-state index contributed by atoms with van der Waals surface area (Å²) >= 11 is 0. The predicted molar refractivity (Wildman–Crippen MR) is 87.5 cm³/mol. The summed E-state index contributed by atoms with van der Waals surface area (Å²) in [5.74, 6) is 0. The summed E-state index contributed by atoms with van der Waals surface area (Å²) in [6.45, 7) is 7.81. The highest BCUT2D eigenvalue weighted by Gasteiger charge is 2.21. The number of benzene rings is 1. The molecular formula is C19H24N2. The first-order valence-electron chi connectivity index (χ1n) is 7.83. The molecule has 1 atom stereocenters. The minimum Gasteiger partial charge on any atom is -0.306 e. The van der Waals surface area contributed by atoms with Gasteiger partial charge in [0.15, 0.2) is 0 Å². The van der Waals surface area contributed by atoms with Crippen molar-refractivity contribution in [2.24, 2.45) is 0 Å². The number of fused-ring (bicyclic) bond motifs is 1. The van der Waals surface area contributed by atoms with Crippen LogP contribution in [0, 0.1) is 0 Å². The molecule has 0 saturated carbocycles. The van der Waals surface area contributed by atoms with Crippen LogP contribution in [0.15, 0.2) is 42.6 Å².